The molecule has 1 aliphatic rings. The highest BCUT2D eigenvalue weighted by Gasteiger charge is 2.13. The minimum absolute atomic E-state index is 0.334. The fourth-order valence-corrected chi connectivity index (χ4v) is 2.11. The second kappa shape index (κ2) is 5.87. The normalized spacial score (nSPS) is 17.5. The van der Waals surface area contributed by atoms with Crippen LogP contribution in [0.25, 0.3) is 0 Å². The van der Waals surface area contributed by atoms with Crippen LogP contribution in [0, 0.1) is 5.92 Å². The van der Waals surface area contributed by atoms with Gasteiger partial charge in [0.05, 0.1) is 19.1 Å². The van der Waals surface area contributed by atoms with Crippen LogP contribution in [0.15, 0.2) is 24.3 Å². The molecule has 1 fully saturated rings. The third kappa shape index (κ3) is 3.23. The molecule has 2 rings (SSSR count). The van der Waals surface area contributed by atoms with Crippen LogP contribution in [-0.2, 0) is 16.0 Å². The zero-order valence-electron chi connectivity index (χ0n) is 10.6. The molecular formula is C14H19NO3. The van der Waals surface area contributed by atoms with Gasteiger partial charge in [-0.05, 0) is 24.1 Å². The smallest absolute Gasteiger partial charge is 0.306 e. The molecule has 1 unspecified atom stereocenters. The topological polar surface area (TPSA) is 49.8 Å². The Balaban J connectivity index is 1.98. The van der Waals surface area contributed by atoms with Crippen molar-refractivity contribution in [1.82, 2.24) is 0 Å². The molecule has 0 bridgehead atoms. The number of carbonyl (C=O) groups is 1. The lowest BCUT2D eigenvalue weighted by Gasteiger charge is -2.29. The minimum Gasteiger partial charge on any atom is -0.481 e. The Labute approximate surface area is 107 Å². The summed E-state index contributed by atoms with van der Waals surface area (Å²) in [5.41, 5.74) is 2.26. The lowest BCUT2D eigenvalue weighted by molar-refractivity contribution is -0.141. The summed E-state index contributed by atoms with van der Waals surface area (Å²) in [7, 11) is 0. The number of nitrogens with zero attached hydrogens (tertiary/aromatic N) is 1. The maximum absolute atomic E-state index is 10.8. The van der Waals surface area contributed by atoms with Crippen LogP contribution >= 0.6 is 0 Å². The number of carboxylic acid groups (broad SMARTS) is 1. The summed E-state index contributed by atoms with van der Waals surface area (Å²) in [6.07, 6.45) is 0.582. The first kappa shape index (κ1) is 12.9. The highest BCUT2D eigenvalue weighted by Crippen LogP contribution is 2.18. The van der Waals surface area contributed by atoms with E-state index in [1.807, 2.05) is 12.1 Å². The molecule has 0 spiro atoms. The lowest BCUT2D eigenvalue weighted by atomic mass is 10.0. The Bertz CT molecular complexity index is 396. The van der Waals surface area contributed by atoms with Gasteiger partial charge in [0.1, 0.15) is 0 Å². The molecule has 1 aliphatic heterocycles. The first-order valence-corrected chi connectivity index (χ1v) is 6.31. The Morgan fingerprint density at radius 3 is 2.50 bits per heavy atom. The van der Waals surface area contributed by atoms with E-state index in [2.05, 4.69) is 17.0 Å². The SMILES string of the molecule is CC(Cc1ccc(N2CCOCC2)cc1)C(=O)O. The maximum Gasteiger partial charge on any atom is 0.306 e. The quantitative estimate of drug-likeness (QED) is 0.883. The predicted octanol–water partition coefficient (Wildman–Crippen LogP) is 1.79. The van der Waals surface area contributed by atoms with Gasteiger partial charge in [0, 0.05) is 18.8 Å². The largest absolute Gasteiger partial charge is 0.481 e. The van der Waals surface area contributed by atoms with Crippen molar-refractivity contribution >= 4 is 11.7 Å². The van der Waals surface area contributed by atoms with Crippen LogP contribution < -0.4 is 4.90 Å². The van der Waals surface area contributed by atoms with Gasteiger partial charge in [0.15, 0.2) is 0 Å². The summed E-state index contributed by atoms with van der Waals surface area (Å²) in [6, 6.07) is 8.17. The number of ether oxygens (including phenoxy) is 1. The van der Waals surface area contributed by atoms with Crippen LogP contribution in [0.5, 0.6) is 0 Å². The summed E-state index contributed by atoms with van der Waals surface area (Å²) < 4.78 is 5.32. The van der Waals surface area contributed by atoms with Gasteiger partial charge in [0.2, 0.25) is 0 Å². The number of carboxylic acids is 1. The highest BCUT2D eigenvalue weighted by atomic mass is 16.5. The second-order valence-electron chi connectivity index (χ2n) is 4.71. The van der Waals surface area contributed by atoms with Crippen molar-refractivity contribution in [2.45, 2.75) is 13.3 Å². The van der Waals surface area contributed by atoms with E-state index in [9.17, 15) is 4.79 Å². The molecule has 1 N–H and O–H groups in total. The Kier molecular flexibility index (Phi) is 4.20. The number of anilines is 1. The second-order valence-corrected chi connectivity index (χ2v) is 4.71. The van der Waals surface area contributed by atoms with Gasteiger partial charge >= 0.3 is 5.97 Å². The number of morpholine rings is 1. The fourth-order valence-electron chi connectivity index (χ4n) is 2.11. The van der Waals surface area contributed by atoms with Gasteiger partial charge in [-0.2, -0.15) is 0 Å². The molecule has 1 aromatic carbocycles. The van der Waals surface area contributed by atoms with Crippen molar-refractivity contribution in [3.63, 3.8) is 0 Å². The van der Waals surface area contributed by atoms with Crippen molar-refractivity contribution in [3.05, 3.63) is 29.8 Å². The third-order valence-corrected chi connectivity index (χ3v) is 3.28. The molecule has 0 aliphatic carbocycles. The van der Waals surface area contributed by atoms with Crippen molar-refractivity contribution in [2.24, 2.45) is 5.92 Å². The molecule has 1 atom stereocenters. The molecule has 0 radical (unpaired) electrons. The van der Waals surface area contributed by atoms with E-state index in [4.69, 9.17) is 9.84 Å². The van der Waals surface area contributed by atoms with E-state index < -0.39 is 5.97 Å². The first-order chi connectivity index (χ1) is 8.66. The van der Waals surface area contributed by atoms with Gasteiger partial charge < -0.3 is 14.7 Å². The van der Waals surface area contributed by atoms with Crippen LogP contribution in [0.2, 0.25) is 0 Å². The monoisotopic (exact) mass is 249 g/mol. The van der Waals surface area contributed by atoms with Gasteiger partial charge in [-0.3, -0.25) is 4.79 Å². The van der Waals surface area contributed by atoms with Crippen LogP contribution in [0.3, 0.4) is 0 Å². The van der Waals surface area contributed by atoms with Crippen LogP contribution in [0.4, 0.5) is 5.69 Å². The zero-order valence-corrected chi connectivity index (χ0v) is 10.6. The van der Waals surface area contributed by atoms with Crippen molar-refractivity contribution in [1.29, 1.82) is 0 Å². The van der Waals surface area contributed by atoms with Gasteiger partial charge in [0.25, 0.3) is 0 Å². The molecular weight excluding hydrogens is 230 g/mol. The Hall–Kier alpha value is -1.55. The molecule has 0 saturated carbocycles. The first-order valence-electron chi connectivity index (χ1n) is 6.31. The van der Waals surface area contributed by atoms with E-state index in [0.29, 0.717) is 6.42 Å². The van der Waals surface area contributed by atoms with Crippen molar-refractivity contribution < 1.29 is 14.6 Å². The van der Waals surface area contributed by atoms with Crippen molar-refractivity contribution in [2.75, 3.05) is 31.2 Å². The van der Waals surface area contributed by atoms with Gasteiger partial charge in [-0.15, -0.1) is 0 Å². The number of hydrogen-bond donors (Lipinski definition) is 1. The van der Waals surface area contributed by atoms with E-state index in [0.717, 1.165) is 31.9 Å². The molecule has 4 heteroatoms. The van der Waals surface area contributed by atoms with E-state index in [-0.39, 0.29) is 5.92 Å². The fraction of sp³-hybridized carbons (Fsp3) is 0.500. The minimum atomic E-state index is -0.743. The molecule has 0 aromatic heterocycles. The summed E-state index contributed by atoms with van der Waals surface area (Å²) in [4.78, 5) is 13.1. The summed E-state index contributed by atoms with van der Waals surface area (Å²) in [5.74, 6) is -1.08. The average molecular weight is 249 g/mol. The summed E-state index contributed by atoms with van der Waals surface area (Å²) in [5, 5.41) is 8.88. The lowest BCUT2D eigenvalue weighted by Crippen LogP contribution is -2.36. The zero-order chi connectivity index (χ0) is 13.0. The number of aliphatic carboxylic acids is 1. The van der Waals surface area contributed by atoms with E-state index >= 15 is 0 Å². The van der Waals surface area contributed by atoms with E-state index in [1.54, 1.807) is 6.92 Å². The average Bonchev–Trinajstić information content (AvgIpc) is 2.40. The highest BCUT2D eigenvalue weighted by molar-refractivity contribution is 5.70. The van der Waals surface area contributed by atoms with E-state index in [1.165, 1.54) is 5.69 Å². The molecule has 1 heterocycles. The van der Waals surface area contributed by atoms with Crippen LogP contribution in [0.1, 0.15) is 12.5 Å². The standard InChI is InChI=1S/C14H19NO3/c1-11(14(16)17)10-12-2-4-13(5-3-12)15-6-8-18-9-7-15/h2-5,11H,6-10H2,1H3,(H,16,17). The molecule has 98 valence electrons. The molecule has 4 nitrogen and oxygen atoms in total. The predicted molar refractivity (Wildman–Crippen MR) is 70.0 cm³/mol. The van der Waals surface area contributed by atoms with Gasteiger partial charge in [-0.25, -0.2) is 0 Å². The molecule has 1 aromatic rings. The molecule has 18 heavy (non-hydrogen) atoms. The summed E-state index contributed by atoms with van der Waals surface area (Å²) >= 11 is 0. The summed E-state index contributed by atoms with van der Waals surface area (Å²) in [6.45, 7) is 5.13. The number of hydrogen-bond acceptors (Lipinski definition) is 3. The van der Waals surface area contributed by atoms with Gasteiger partial charge in [-0.1, -0.05) is 19.1 Å². The third-order valence-electron chi connectivity index (χ3n) is 3.28. The Morgan fingerprint density at radius 2 is 1.94 bits per heavy atom. The maximum atomic E-state index is 10.8. The molecule has 1 saturated heterocycles. The van der Waals surface area contributed by atoms with Crippen LogP contribution in [-0.4, -0.2) is 37.4 Å². The number of rotatable bonds is 4. The molecule has 0 amide bonds. The van der Waals surface area contributed by atoms with Crippen molar-refractivity contribution in [3.8, 4) is 0 Å². The number of benzene rings is 1. The Morgan fingerprint density at radius 1 is 1.33 bits per heavy atom.